The highest BCUT2D eigenvalue weighted by molar-refractivity contribution is 8.26. The predicted octanol–water partition coefficient (Wildman–Crippen LogP) is 3.53. The van der Waals surface area contributed by atoms with Gasteiger partial charge in [-0.1, -0.05) is 65.4 Å². The number of benzene rings is 2. The van der Waals surface area contributed by atoms with Crippen molar-refractivity contribution >= 4 is 69.5 Å². The molecule has 0 bridgehead atoms. The predicted molar refractivity (Wildman–Crippen MR) is 119 cm³/mol. The van der Waals surface area contributed by atoms with Crippen molar-refractivity contribution in [1.82, 2.24) is 4.90 Å². The number of ether oxygens (including phenoxy) is 2. The van der Waals surface area contributed by atoms with E-state index >= 15 is 0 Å². The average Bonchev–Trinajstić information content (AvgIpc) is 2.95. The van der Waals surface area contributed by atoms with Gasteiger partial charge in [-0.2, -0.15) is 0 Å². The Morgan fingerprint density at radius 1 is 1.30 bits per heavy atom. The summed E-state index contributed by atoms with van der Waals surface area (Å²) in [6.07, 6.45) is 1.58. The second kappa shape index (κ2) is 9.70. The molecule has 1 aliphatic rings. The number of hydrogen-bond donors (Lipinski definition) is 0. The smallest absolute Gasteiger partial charge is 0.266 e. The van der Waals surface area contributed by atoms with E-state index < -0.39 is 18.4 Å². The topological polar surface area (TPSA) is 78.9 Å². The third-order valence-corrected chi connectivity index (χ3v) is 6.03. The summed E-state index contributed by atoms with van der Waals surface area (Å²) >= 11 is 18.2. The van der Waals surface area contributed by atoms with E-state index in [0.29, 0.717) is 27.1 Å². The number of aliphatic carboxylic acids is 1. The van der Waals surface area contributed by atoms with E-state index in [2.05, 4.69) is 0 Å². The Morgan fingerprint density at radius 2 is 2.07 bits per heavy atom. The van der Waals surface area contributed by atoms with Crippen LogP contribution < -0.4 is 14.6 Å². The molecule has 1 heterocycles. The van der Waals surface area contributed by atoms with E-state index in [1.54, 1.807) is 42.5 Å². The second-order valence-electron chi connectivity index (χ2n) is 6.04. The van der Waals surface area contributed by atoms with E-state index in [1.807, 2.05) is 0 Å². The lowest BCUT2D eigenvalue weighted by atomic mass is 10.1. The summed E-state index contributed by atoms with van der Waals surface area (Å²) in [4.78, 5) is 24.7. The van der Waals surface area contributed by atoms with Gasteiger partial charge in [0.1, 0.15) is 10.9 Å². The molecule has 0 aliphatic carbocycles. The van der Waals surface area contributed by atoms with E-state index in [1.165, 1.54) is 7.11 Å². The van der Waals surface area contributed by atoms with Crippen LogP contribution >= 0.6 is 47.2 Å². The Bertz CT molecular complexity index is 1060. The highest BCUT2D eigenvalue weighted by Gasteiger charge is 2.32. The first-order valence-corrected chi connectivity index (χ1v) is 10.5. The third-order valence-electron chi connectivity index (χ3n) is 4.06. The zero-order chi connectivity index (χ0) is 21.8. The summed E-state index contributed by atoms with van der Waals surface area (Å²) in [6.45, 7) is -0.457. The Balaban J connectivity index is 1.90. The maximum atomic E-state index is 12.5. The summed E-state index contributed by atoms with van der Waals surface area (Å²) in [6, 6.07) is 10.3. The van der Waals surface area contributed by atoms with Crippen LogP contribution in [0.3, 0.4) is 0 Å². The number of methoxy groups -OCH3 is 1. The van der Waals surface area contributed by atoms with E-state index in [-0.39, 0.29) is 15.8 Å². The number of amides is 1. The van der Waals surface area contributed by atoms with Crippen LogP contribution in [0.5, 0.6) is 11.5 Å². The molecule has 0 atom stereocenters. The fourth-order valence-electron chi connectivity index (χ4n) is 2.66. The van der Waals surface area contributed by atoms with Crippen LogP contribution in [0.15, 0.2) is 41.3 Å². The lowest BCUT2D eigenvalue weighted by Crippen LogP contribution is -2.40. The number of rotatable bonds is 7. The minimum atomic E-state index is -1.39. The highest BCUT2D eigenvalue weighted by Crippen LogP contribution is 2.38. The van der Waals surface area contributed by atoms with Crippen LogP contribution in [0.2, 0.25) is 10.0 Å². The molecule has 0 saturated carbocycles. The van der Waals surface area contributed by atoms with Gasteiger partial charge >= 0.3 is 0 Å². The molecule has 0 spiro atoms. The molecule has 1 aliphatic heterocycles. The zero-order valence-electron chi connectivity index (χ0n) is 15.5. The van der Waals surface area contributed by atoms with Gasteiger partial charge in [0, 0.05) is 21.2 Å². The van der Waals surface area contributed by atoms with E-state index in [4.69, 9.17) is 44.9 Å². The van der Waals surface area contributed by atoms with Gasteiger partial charge < -0.3 is 19.4 Å². The second-order valence-corrected chi connectivity index (χ2v) is 8.56. The number of carboxylic acids is 1. The Hall–Kier alpha value is -2.26. The third kappa shape index (κ3) is 5.07. The van der Waals surface area contributed by atoms with Gasteiger partial charge in [0.05, 0.1) is 24.5 Å². The van der Waals surface area contributed by atoms with Gasteiger partial charge in [-0.05, 0) is 24.3 Å². The first kappa shape index (κ1) is 22.4. The van der Waals surface area contributed by atoms with Crippen molar-refractivity contribution in [2.45, 2.75) is 6.61 Å². The molecule has 10 heteroatoms. The fourth-order valence-corrected chi connectivity index (χ4v) is 4.37. The summed E-state index contributed by atoms with van der Waals surface area (Å²) in [5, 5.41) is 11.8. The SMILES string of the molecule is COc1cccc(/C=C2/SC(=S)N(CC(=O)[O-])C2=O)c1OCc1ccc(Cl)cc1Cl. The molecule has 30 heavy (non-hydrogen) atoms. The van der Waals surface area contributed by atoms with Crippen LogP contribution in [0.4, 0.5) is 0 Å². The van der Waals surface area contributed by atoms with Crippen LogP contribution in [0.1, 0.15) is 11.1 Å². The van der Waals surface area contributed by atoms with Gasteiger partial charge in [-0.15, -0.1) is 0 Å². The molecule has 1 amide bonds. The van der Waals surface area contributed by atoms with Crippen LogP contribution in [-0.2, 0) is 16.2 Å². The van der Waals surface area contributed by atoms with Crippen LogP contribution in [0, 0.1) is 0 Å². The number of carbonyl (C=O) groups excluding carboxylic acids is 2. The molecule has 0 unspecified atom stereocenters. The van der Waals surface area contributed by atoms with Crippen molar-refractivity contribution in [3.63, 3.8) is 0 Å². The van der Waals surface area contributed by atoms with Crippen molar-refractivity contribution in [1.29, 1.82) is 0 Å². The largest absolute Gasteiger partial charge is 0.548 e. The molecule has 6 nitrogen and oxygen atoms in total. The maximum Gasteiger partial charge on any atom is 0.266 e. The molecule has 0 radical (unpaired) electrons. The quantitative estimate of drug-likeness (QED) is 0.441. The van der Waals surface area contributed by atoms with Crippen molar-refractivity contribution in [2.24, 2.45) is 0 Å². The number of thiocarbonyl (C=S) groups is 1. The Labute approximate surface area is 192 Å². The highest BCUT2D eigenvalue weighted by atomic mass is 35.5. The van der Waals surface area contributed by atoms with E-state index in [0.717, 1.165) is 22.2 Å². The molecule has 1 fully saturated rings. The average molecular weight is 483 g/mol. The lowest BCUT2D eigenvalue weighted by Gasteiger charge is -2.15. The summed E-state index contributed by atoms with van der Waals surface area (Å²) < 4.78 is 11.5. The van der Waals surface area contributed by atoms with Crippen molar-refractivity contribution < 1.29 is 24.2 Å². The maximum absolute atomic E-state index is 12.5. The number of thioether (sulfide) groups is 1. The number of halogens is 2. The van der Waals surface area contributed by atoms with Crippen molar-refractivity contribution in [3.05, 3.63) is 62.5 Å². The number of carbonyl (C=O) groups is 2. The first-order valence-electron chi connectivity index (χ1n) is 8.49. The fraction of sp³-hybridized carbons (Fsp3) is 0.150. The summed E-state index contributed by atoms with van der Waals surface area (Å²) in [7, 11) is 1.50. The molecular weight excluding hydrogens is 469 g/mol. The minimum absolute atomic E-state index is 0.142. The monoisotopic (exact) mass is 482 g/mol. The van der Waals surface area contributed by atoms with Crippen molar-refractivity contribution in [3.8, 4) is 11.5 Å². The van der Waals surface area contributed by atoms with Gasteiger partial charge in [-0.3, -0.25) is 9.69 Å². The number of carboxylic acid groups (broad SMARTS) is 1. The molecule has 2 aromatic rings. The molecule has 156 valence electrons. The molecule has 2 aromatic carbocycles. The van der Waals surface area contributed by atoms with Crippen LogP contribution in [0.25, 0.3) is 6.08 Å². The van der Waals surface area contributed by atoms with E-state index in [9.17, 15) is 14.7 Å². The van der Waals surface area contributed by atoms with Gasteiger partial charge in [0.2, 0.25) is 0 Å². The molecule has 3 rings (SSSR count). The minimum Gasteiger partial charge on any atom is -0.548 e. The van der Waals surface area contributed by atoms with Crippen molar-refractivity contribution in [2.75, 3.05) is 13.7 Å². The molecule has 0 N–H and O–H groups in total. The molecular formula is C20H14Cl2NO5S2-. The molecule has 1 saturated heterocycles. The number of nitrogens with zero attached hydrogens (tertiary/aromatic N) is 1. The lowest BCUT2D eigenvalue weighted by molar-refractivity contribution is -0.305. The standard InChI is InChI=1S/C20H15Cl2NO5S2/c1-27-15-4-2-3-11(7-16-19(26)23(9-17(24)25)20(29)30-16)18(15)28-10-12-5-6-13(21)8-14(12)22/h2-8H,9-10H2,1H3,(H,24,25)/p-1/b16-7+. The van der Waals surface area contributed by atoms with Crippen LogP contribution in [-0.4, -0.2) is 34.8 Å². The Kier molecular flexibility index (Phi) is 7.25. The summed E-state index contributed by atoms with van der Waals surface area (Å²) in [5.41, 5.74) is 1.28. The molecule has 0 aromatic heterocycles. The van der Waals surface area contributed by atoms with Gasteiger partial charge in [0.15, 0.2) is 11.5 Å². The zero-order valence-corrected chi connectivity index (χ0v) is 18.7. The number of hydrogen-bond acceptors (Lipinski definition) is 7. The first-order chi connectivity index (χ1) is 14.3. The Morgan fingerprint density at radius 3 is 2.73 bits per heavy atom. The van der Waals surface area contributed by atoms with Gasteiger partial charge in [-0.25, -0.2) is 0 Å². The summed E-state index contributed by atoms with van der Waals surface area (Å²) in [5.74, 6) is -1.04. The van der Waals surface area contributed by atoms with Gasteiger partial charge in [0.25, 0.3) is 5.91 Å². The number of para-hydroxylation sites is 1. The normalized spacial score (nSPS) is 15.0.